The molecule has 0 radical (unpaired) electrons. The van der Waals surface area contributed by atoms with E-state index in [2.05, 4.69) is 41.2 Å². The van der Waals surface area contributed by atoms with E-state index in [4.69, 9.17) is 4.99 Å². The highest BCUT2D eigenvalue weighted by Gasteiger charge is 2.31. The van der Waals surface area contributed by atoms with E-state index in [1.165, 1.54) is 32.7 Å². The molecule has 0 aliphatic carbocycles. The molecule has 0 spiro atoms. The first-order chi connectivity index (χ1) is 11.6. The second kappa shape index (κ2) is 10.2. The van der Waals surface area contributed by atoms with Crippen molar-refractivity contribution in [2.45, 2.75) is 39.7 Å². The van der Waals surface area contributed by atoms with Gasteiger partial charge in [0.25, 0.3) is 0 Å². The van der Waals surface area contributed by atoms with Gasteiger partial charge < -0.3 is 15.7 Å². The first kappa shape index (κ1) is 19.5. The van der Waals surface area contributed by atoms with E-state index in [0.717, 1.165) is 38.4 Å². The zero-order chi connectivity index (χ0) is 17.4. The molecule has 3 fully saturated rings. The van der Waals surface area contributed by atoms with Gasteiger partial charge in [-0.05, 0) is 31.6 Å². The van der Waals surface area contributed by atoms with Crippen molar-refractivity contribution in [3.8, 4) is 0 Å². The van der Waals surface area contributed by atoms with Gasteiger partial charge >= 0.3 is 0 Å². The van der Waals surface area contributed by atoms with Gasteiger partial charge in [-0.25, -0.2) is 0 Å². The normalized spacial score (nSPS) is 28.2. The lowest BCUT2D eigenvalue weighted by atomic mass is 9.94. The second-order valence-corrected chi connectivity index (χ2v) is 7.60. The van der Waals surface area contributed by atoms with E-state index in [9.17, 15) is 5.11 Å². The number of nitrogens with one attached hydrogen (secondary N) is 2. The summed E-state index contributed by atoms with van der Waals surface area (Å²) in [6.45, 7) is 15.5. The number of hydrogen-bond donors (Lipinski definition) is 3. The van der Waals surface area contributed by atoms with Crippen LogP contribution in [0, 0.1) is 11.8 Å². The average molecular weight is 340 g/mol. The number of aliphatic hydroxyl groups is 1. The number of fused-ring (bicyclic) bond motifs is 3. The van der Waals surface area contributed by atoms with Gasteiger partial charge in [-0.3, -0.25) is 14.8 Å². The van der Waals surface area contributed by atoms with Crippen LogP contribution in [-0.2, 0) is 0 Å². The summed E-state index contributed by atoms with van der Waals surface area (Å²) in [4.78, 5) is 9.95. The molecule has 2 bridgehead atoms. The molecule has 2 unspecified atom stereocenters. The molecule has 3 aliphatic rings. The number of guanidine groups is 1. The zero-order valence-corrected chi connectivity index (χ0v) is 15.8. The number of aliphatic hydroxyl groups excluding tert-OH is 1. The molecule has 0 aromatic rings. The van der Waals surface area contributed by atoms with Crippen molar-refractivity contribution in [1.82, 2.24) is 20.4 Å². The van der Waals surface area contributed by atoms with Crippen LogP contribution in [0.5, 0.6) is 0 Å². The molecule has 3 rings (SSSR count). The molecule has 6 heteroatoms. The van der Waals surface area contributed by atoms with Gasteiger partial charge in [-0.2, -0.15) is 0 Å². The van der Waals surface area contributed by atoms with Crippen LogP contribution in [0.1, 0.15) is 33.6 Å². The van der Waals surface area contributed by atoms with Gasteiger partial charge in [0.05, 0.1) is 0 Å². The molecule has 6 nitrogen and oxygen atoms in total. The Kier molecular flexibility index (Phi) is 8.29. The third-order valence-corrected chi connectivity index (χ3v) is 5.09. The number of hydrogen-bond acceptors (Lipinski definition) is 4. The quantitative estimate of drug-likeness (QED) is 0.424. The Hall–Kier alpha value is -0.850. The highest BCUT2D eigenvalue weighted by atomic mass is 16.3. The Bertz CT molecular complexity index is 380. The first-order valence-electron chi connectivity index (χ1n) is 9.71. The molecule has 24 heavy (non-hydrogen) atoms. The molecule has 0 amide bonds. The van der Waals surface area contributed by atoms with Crippen molar-refractivity contribution in [1.29, 1.82) is 0 Å². The maximum absolute atomic E-state index is 9.26. The van der Waals surface area contributed by atoms with E-state index >= 15 is 0 Å². The molecule has 3 N–H and O–H groups in total. The molecular weight excluding hydrogens is 302 g/mol. The fourth-order valence-corrected chi connectivity index (χ4v) is 3.83. The van der Waals surface area contributed by atoms with Crippen LogP contribution in [0.25, 0.3) is 0 Å². The van der Waals surface area contributed by atoms with Crippen LogP contribution in [0.2, 0.25) is 0 Å². The molecule has 0 aromatic carbocycles. The van der Waals surface area contributed by atoms with Gasteiger partial charge in [0.1, 0.15) is 0 Å². The summed E-state index contributed by atoms with van der Waals surface area (Å²) in [5.74, 6) is 2.03. The second-order valence-electron chi connectivity index (χ2n) is 7.60. The van der Waals surface area contributed by atoms with E-state index < -0.39 is 0 Å². The molecule has 3 saturated heterocycles. The SMILES string of the molecule is CCNC(=NCC(CCO)CC(C)C)NCC1CN2CCN1CC2. The largest absolute Gasteiger partial charge is 0.396 e. The van der Waals surface area contributed by atoms with Crippen LogP contribution in [0.4, 0.5) is 0 Å². The van der Waals surface area contributed by atoms with Gasteiger partial charge in [0, 0.05) is 65.0 Å². The Balaban J connectivity index is 1.83. The van der Waals surface area contributed by atoms with Gasteiger partial charge in [-0.1, -0.05) is 13.8 Å². The van der Waals surface area contributed by atoms with Gasteiger partial charge in [-0.15, -0.1) is 0 Å². The smallest absolute Gasteiger partial charge is 0.191 e. The van der Waals surface area contributed by atoms with E-state index in [-0.39, 0.29) is 6.61 Å². The third kappa shape index (κ3) is 6.22. The molecule has 3 aliphatic heterocycles. The fourth-order valence-electron chi connectivity index (χ4n) is 3.83. The molecule has 0 saturated carbocycles. The topological polar surface area (TPSA) is 63.1 Å². The number of rotatable bonds is 9. The number of nitrogens with zero attached hydrogens (tertiary/aromatic N) is 3. The van der Waals surface area contributed by atoms with Crippen molar-refractivity contribution >= 4 is 5.96 Å². The van der Waals surface area contributed by atoms with E-state index in [1.54, 1.807) is 0 Å². The minimum atomic E-state index is 0.254. The zero-order valence-electron chi connectivity index (χ0n) is 15.8. The predicted molar refractivity (Wildman–Crippen MR) is 100 cm³/mol. The lowest BCUT2D eigenvalue weighted by molar-refractivity contribution is 0.0154. The summed E-state index contributed by atoms with van der Waals surface area (Å²) in [7, 11) is 0. The Morgan fingerprint density at radius 3 is 2.50 bits per heavy atom. The predicted octanol–water partition coefficient (Wildman–Crippen LogP) is 0.586. The van der Waals surface area contributed by atoms with Crippen molar-refractivity contribution in [3.05, 3.63) is 0 Å². The van der Waals surface area contributed by atoms with Crippen LogP contribution >= 0.6 is 0 Å². The van der Waals surface area contributed by atoms with E-state index in [1.807, 2.05) is 0 Å². The molecule has 0 aromatic heterocycles. The summed E-state index contributed by atoms with van der Waals surface area (Å²) in [5, 5.41) is 16.2. The monoisotopic (exact) mass is 339 g/mol. The van der Waals surface area contributed by atoms with Crippen molar-refractivity contribution in [2.24, 2.45) is 16.8 Å². The minimum Gasteiger partial charge on any atom is -0.396 e. The highest BCUT2D eigenvalue weighted by Crippen LogP contribution is 2.16. The molecule has 3 heterocycles. The maximum atomic E-state index is 9.26. The average Bonchev–Trinajstić information content (AvgIpc) is 2.58. The Morgan fingerprint density at radius 2 is 1.96 bits per heavy atom. The van der Waals surface area contributed by atoms with Crippen LogP contribution in [-0.4, -0.2) is 85.9 Å². The van der Waals surface area contributed by atoms with Crippen LogP contribution in [0.15, 0.2) is 4.99 Å². The van der Waals surface area contributed by atoms with Gasteiger partial charge in [0.15, 0.2) is 5.96 Å². The van der Waals surface area contributed by atoms with Gasteiger partial charge in [0.2, 0.25) is 0 Å². The number of piperazine rings is 3. The van der Waals surface area contributed by atoms with Crippen LogP contribution < -0.4 is 10.6 Å². The first-order valence-corrected chi connectivity index (χ1v) is 9.71. The highest BCUT2D eigenvalue weighted by molar-refractivity contribution is 5.79. The molecule has 140 valence electrons. The summed E-state index contributed by atoms with van der Waals surface area (Å²) in [6.07, 6.45) is 1.96. The summed E-state index contributed by atoms with van der Waals surface area (Å²) in [6, 6.07) is 0.597. The van der Waals surface area contributed by atoms with Crippen LogP contribution in [0.3, 0.4) is 0 Å². The van der Waals surface area contributed by atoms with E-state index in [0.29, 0.717) is 17.9 Å². The fraction of sp³-hybridized carbons (Fsp3) is 0.944. The summed E-state index contributed by atoms with van der Waals surface area (Å²) < 4.78 is 0. The maximum Gasteiger partial charge on any atom is 0.191 e. The molecule has 2 atom stereocenters. The minimum absolute atomic E-state index is 0.254. The third-order valence-electron chi connectivity index (χ3n) is 5.09. The Labute approximate surface area is 147 Å². The summed E-state index contributed by atoms with van der Waals surface area (Å²) in [5.41, 5.74) is 0. The van der Waals surface area contributed by atoms with Crippen molar-refractivity contribution in [2.75, 3.05) is 59.0 Å². The van der Waals surface area contributed by atoms with Crippen molar-refractivity contribution in [3.63, 3.8) is 0 Å². The Morgan fingerprint density at radius 1 is 1.21 bits per heavy atom. The van der Waals surface area contributed by atoms with Crippen molar-refractivity contribution < 1.29 is 5.11 Å². The molecular formula is C18H37N5O. The standard InChI is InChI=1S/C18H37N5O/c1-4-19-18(20-12-16(5-10-24)11-15(2)3)21-13-17-14-22-6-8-23(17)9-7-22/h15-17,24H,4-14H2,1-3H3,(H2,19,20,21). The summed E-state index contributed by atoms with van der Waals surface area (Å²) >= 11 is 0. The number of aliphatic imine (C=N–C) groups is 1. The lowest BCUT2D eigenvalue weighted by Crippen LogP contribution is -2.63. The lowest BCUT2D eigenvalue weighted by Gasteiger charge is -2.47.